The van der Waals surface area contributed by atoms with E-state index in [0.29, 0.717) is 6.04 Å². The van der Waals surface area contributed by atoms with E-state index in [1.807, 2.05) is 0 Å². The van der Waals surface area contributed by atoms with Crippen LogP contribution in [0.5, 0.6) is 0 Å². The maximum Gasteiger partial charge on any atom is 0.00363 e. The van der Waals surface area contributed by atoms with E-state index in [1.165, 1.54) is 12.8 Å². The Labute approximate surface area is 58.6 Å². The van der Waals surface area contributed by atoms with Gasteiger partial charge in [0.15, 0.2) is 0 Å². The molecule has 0 amide bonds. The summed E-state index contributed by atoms with van der Waals surface area (Å²) in [6.07, 6.45) is 3.58. The third-order valence-electron chi connectivity index (χ3n) is 1.64. The van der Waals surface area contributed by atoms with E-state index in [4.69, 9.17) is 5.73 Å². The second kappa shape index (κ2) is 4.80. The van der Waals surface area contributed by atoms with E-state index in [2.05, 4.69) is 20.8 Å². The maximum atomic E-state index is 5.72. The summed E-state index contributed by atoms with van der Waals surface area (Å²) in [7, 11) is 0. The van der Waals surface area contributed by atoms with Crippen molar-refractivity contribution in [1.82, 2.24) is 0 Å². The quantitative estimate of drug-likeness (QED) is 0.618. The van der Waals surface area contributed by atoms with Crippen LogP contribution in [0.25, 0.3) is 0 Å². The van der Waals surface area contributed by atoms with Gasteiger partial charge in [0.05, 0.1) is 0 Å². The summed E-state index contributed by atoms with van der Waals surface area (Å²) >= 11 is 0. The molecule has 9 heavy (non-hydrogen) atoms. The van der Waals surface area contributed by atoms with Crippen molar-refractivity contribution < 1.29 is 0 Å². The second-order valence-electron chi connectivity index (χ2n) is 3.14. The standard InChI is InChI=1S/C8H19N/c1-4-8(9)6-5-7(2)3/h7-8H,4-6,9H2,1-3H3/t8-/m0/s1. The lowest BCUT2D eigenvalue weighted by Crippen LogP contribution is -2.18. The molecule has 0 unspecified atom stereocenters. The molecule has 0 aliphatic heterocycles. The number of rotatable bonds is 4. The topological polar surface area (TPSA) is 26.0 Å². The fraction of sp³-hybridized carbons (Fsp3) is 1.00. The van der Waals surface area contributed by atoms with Gasteiger partial charge in [-0.1, -0.05) is 20.8 Å². The van der Waals surface area contributed by atoms with E-state index >= 15 is 0 Å². The Balaban J connectivity index is 3.06. The zero-order chi connectivity index (χ0) is 7.28. The van der Waals surface area contributed by atoms with Gasteiger partial charge in [-0.25, -0.2) is 0 Å². The normalized spacial score (nSPS) is 14.3. The largest absolute Gasteiger partial charge is 0.328 e. The Hall–Kier alpha value is -0.0400. The summed E-state index contributed by atoms with van der Waals surface area (Å²) in [6.45, 7) is 6.62. The first-order valence-electron chi connectivity index (χ1n) is 3.92. The summed E-state index contributed by atoms with van der Waals surface area (Å²) in [6, 6.07) is 0.437. The first kappa shape index (κ1) is 8.96. The van der Waals surface area contributed by atoms with Gasteiger partial charge < -0.3 is 5.73 Å². The van der Waals surface area contributed by atoms with Gasteiger partial charge in [0.1, 0.15) is 0 Å². The smallest absolute Gasteiger partial charge is 0.00363 e. The van der Waals surface area contributed by atoms with E-state index in [1.54, 1.807) is 0 Å². The van der Waals surface area contributed by atoms with Crippen molar-refractivity contribution >= 4 is 0 Å². The molecule has 0 aromatic heterocycles. The van der Waals surface area contributed by atoms with Gasteiger partial charge >= 0.3 is 0 Å². The van der Waals surface area contributed by atoms with Crippen molar-refractivity contribution in [2.45, 2.75) is 46.1 Å². The van der Waals surface area contributed by atoms with Gasteiger partial charge in [-0.15, -0.1) is 0 Å². The molecule has 0 aromatic rings. The predicted molar refractivity (Wildman–Crippen MR) is 42.3 cm³/mol. The zero-order valence-corrected chi connectivity index (χ0v) is 6.85. The second-order valence-corrected chi connectivity index (χ2v) is 3.14. The highest BCUT2D eigenvalue weighted by atomic mass is 14.6. The van der Waals surface area contributed by atoms with Crippen LogP contribution in [0.4, 0.5) is 0 Å². The summed E-state index contributed by atoms with van der Waals surface area (Å²) in [5.74, 6) is 0.808. The molecule has 56 valence electrons. The molecular weight excluding hydrogens is 110 g/mol. The highest BCUT2D eigenvalue weighted by molar-refractivity contribution is 4.58. The first-order chi connectivity index (χ1) is 4.16. The fourth-order valence-corrected chi connectivity index (χ4v) is 0.752. The monoisotopic (exact) mass is 129 g/mol. The average molecular weight is 129 g/mol. The minimum Gasteiger partial charge on any atom is -0.328 e. The lowest BCUT2D eigenvalue weighted by Gasteiger charge is -2.09. The highest BCUT2D eigenvalue weighted by Crippen LogP contribution is 2.06. The predicted octanol–water partition coefficient (Wildman–Crippen LogP) is 2.16. The van der Waals surface area contributed by atoms with Gasteiger partial charge in [-0.2, -0.15) is 0 Å². The van der Waals surface area contributed by atoms with E-state index in [0.717, 1.165) is 12.3 Å². The molecule has 2 N–H and O–H groups in total. The zero-order valence-electron chi connectivity index (χ0n) is 6.85. The molecule has 0 bridgehead atoms. The molecule has 0 rings (SSSR count). The molecule has 0 aliphatic rings. The van der Waals surface area contributed by atoms with Gasteiger partial charge in [0.2, 0.25) is 0 Å². The number of hydrogen-bond donors (Lipinski definition) is 1. The van der Waals surface area contributed by atoms with Crippen molar-refractivity contribution in [1.29, 1.82) is 0 Å². The van der Waals surface area contributed by atoms with Crippen LogP contribution in [-0.2, 0) is 0 Å². The van der Waals surface area contributed by atoms with E-state index in [9.17, 15) is 0 Å². The molecule has 0 aliphatic carbocycles. The summed E-state index contributed by atoms with van der Waals surface area (Å²) in [5.41, 5.74) is 5.72. The fourth-order valence-electron chi connectivity index (χ4n) is 0.752. The molecule has 0 spiro atoms. The molecule has 1 nitrogen and oxygen atoms in total. The molecule has 1 atom stereocenters. The molecular formula is C8H19N. The van der Waals surface area contributed by atoms with E-state index < -0.39 is 0 Å². The Bertz CT molecular complexity index is 59.6. The Morgan fingerprint density at radius 3 is 2.11 bits per heavy atom. The highest BCUT2D eigenvalue weighted by Gasteiger charge is 1.99. The average Bonchev–Trinajstić information content (AvgIpc) is 1.83. The van der Waals surface area contributed by atoms with Gasteiger partial charge in [-0.3, -0.25) is 0 Å². The maximum absolute atomic E-state index is 5.72. The first-order valence-corrected chi connectivity index (χ1v) is 3.92. The van der Waals surface area contributed by atoms with Crippen molar-refractivity contribution in [3.05, 3.63) is 0 Å². The van der Waals surface area contributed by atoms with Crippen LogP contribution >= 0.6 is 0 Å². The van der Waals surface area contributed by atoms with Crippen molar-refractivity contribution in [3.63, 3.8) is 0 Å². The van der Waals surface area contributed by atoms with Crippen LogP contribution in [0.3, 0.4) is 0 Å². The molecule has 0 aromatic carbocycles. The summed E-state index contributed by atoms with van der Waals surface area (Å²) in [4.78, 5) is 0. The van der Waals surface area contributed by atoms with Crippen LogP contribution in [0.1, 0.15) is 40.0 Å². The molecule has 0 radical (unpaired) electrons. The third-order valence-corrected chi connectivity index (χ3v) is 1.64. The molecule has 1 heteroatoms. The van der Waals surface area contributed by atoms with Crippen molar-refractivity contribution in [2.75, 3.05) is 0 Å². The molecule has 0 saturated heterocycles. The van der Waals surface area contributed by atoms with Gasteiger partial charge in [0.25, 0.3) is 0 Å². The lowest BCUT2D eigenvalue weighted by atomic mass is 10.0. The summed E-state index contributed by atoms with van der Waals surface area (Å²) < 4.78 is 0. The van der Waals surface area contributed by atoms with Gasteiger partial charge in [0, 0.05) is 6.04 Å². The third kappa shape index (κ3) is 5.84. The van der Waals surface area contributed by atoms with Crippen molar-refractivity contribution in [2.24, 2.45) is 11.7 Å². The van der Waals surface area contributed by atoms with Crippen LogP contribution in [0.15, 0.2) is 0 Å². The Morgan fingerprint density at radius 1 is 1.22 bits per heavy atom. The van der Waals surface area contributed by atoms with E-state index in [-0.39, 0.29) is 0 Å². The Morgan fingerprint density at radius 2 is 1.78 bits per heavy atom. The minimum absolute atomic E-state index is 0.437. The molecule has 0 saturated carbocycles. The summed E-state index contributed by atoms with van der Waals surface area (Å²) in [5, 5.41) is 0. The Kier molecular flexibility index (Phi) is 4.78. The number of nitrogens with two attached hydrogens (primary N) is 1. The number of hydrogen-bond acceptors (Lipinski definition) is 1. The van der Waals surface area contributed by atoms with Crippen LogP contribution in [-0.4, -0.2) is 6.04 Å². The van der Waals surface area contributed by atoms with Crippen LogP contribution < -0.4 is 5.73 Å². The lowest BCUT2D eigenvalue weighted by molar-refractivity contribution is 0.489. The molecule has 0 heterocycles. The van der Waals surface area contributed by atoms with Gasteiger partial charge in [-0.05, 0) is 25.2 Å². The SMILES string of the molecule is CC[C@H](N)CCC(C)C. The molecule has 0 fully saturated rings. The van der Waals surface area contributed by atoms with Crippen LogP contribution in [0.2, 0.25) is 0 Å². The van der Waals surface area contributed by atoms with Crippen molar-refractivity contribution in [3.8, 4) is 0 Å². The van der Waals surface area contributed by atoms with Crippen LogP contribution in [0, 0.1) is 5.92 Å². The minimum atomic E-state index is 0.437.